The normalized spacial score (nSPS) is 29.0. The first-order valence-electron chi connectivity index (χ1n) is 9.82. The van der Waals surface area contributed by atoms with Gasteiger partial charge < -0.3 is 19.7 Å². The van der Waals surface area contributed by atoms with Gasteiger partial charge in [-0.2, -0.15) is 0 Å². The molecule has 1 aromatic carbocycles. The Balaban J connectivity index is 1.42. The fourth-order valence-corrected chi connectivity index (χ4v) is 3.88. The smallest absolute Gasteiger partial charge is 0.0720 e. The Bertz CT molecular complexity index is 513. The minimum absolute atomic E-state index is 0.364. The molecule has 0 radical (unpaired) electrons. The molecule has 4 nitrogen and oxygen atoms in total. The monoisotopic (exact) mass is 346 g/mol. The molecule has 0 amide bonds. The van der Waals surface area contributed by atoms with Crippen molar-refractivity contribution in [2.24, 2.45) is 5.92 Å². The summed E-state index contributed by atoms with van der Waals surface area (Å²) in [6.07, 6.45) is 3.64. The van der Waals surface area contributed by atoms with Crippen molar-refractivity contribution in [2.45, 2.75) is 64.4 Å². The van der Waals surface area contributed by atoms with Crippen molar-refractivity contribution in [1.29, 1.82) is 0 Å². The highest BCUT2D eigenvalue weighted by molar-refractivity contribution is 5.22. The van der Waals surface area contributed by atoms with Gasteiger partial charge in [-0.25, -0.2) is 0 Å². The van der Waals surface area contributed by atoms with Crippen LogP contribution in [0.3, 0.4) is 0 Å². The first-order valence-corrected chi connectivity index (χ1v) is 9.82. The lowest BCUT2D eigenvalue weighted by molar-refractivity contribution is -0.0390. The average Bonchev–Trinajstić information content (AvgIpc) is 2.64. The molecule has 0 saturated carbocycles. The Kier molecular flexibility index (Phi) is 6.88. The van der Waals surface area contributed by atoms with Crippen molar-refractivity contribution in [3.8, 4) is 0 Å². The van der Waals surface area contributed by atoms with Crippen molar-refractivity contribution < 1.29 is 9.47 Å². The summed E-state index contributed by atoms with van der Waals surface area (Å²) in [5.74, 6) is 0.702. The van der Waals surface area contributed by atoms with E-state index in [4.69, 9.17) is 9.47 Å². The summed E-state index contributed by atoms with van der Waals surface area (Å²) < 4.78 is 11.4. The van der Waals surface area contributed by atoms with Crippen LogP contribution in [0, 0.1) is 5.92 Å². The molecule has 4 heteroatoms. The molecule has 0 unspecified atom stereocenters. The molecule has 0 spiro atoms. The van der Waals surface area contributed by atoms with Gasteiger partial charge >= 0.3 is 0 Å². The topological polar surface area (TPSA) is 33.7 Å². The first kappa shape index (κ1) is 18.8. The molecule has 3 atom stereocenters. The van der Waals surface area contributed by atoms with Gasteiger partial charge in [0, 0.05) is 38.4 Å². The van der Waals surface area contributed by atoms with Gasteiger partial charge in [-0.15, -0.1) is 0 Å². The van der Waals surface area contributed by atoms with Gasteiger partial charge in [0.05, 0.1) is 12.7 Å². The maximum atomic E-state index is 6.00. The van der Waals surface area contributed by atoms with Gasteiger partial charge in [-0.3, -0.25) is 0 Å². The Morgan fingerprint density at radius 1 is 1.12 bits per heavy atom. The highest BCUT2D eigenvalue weighted by Crippen LogP contribution is 2.21. The van der Waals surface area contributed by atoms with Crippen LogP contribution in [-0.2, 0) is 22.6 Å². The summed E-state index contributed by atoms with van der Waals surface area (Å²) >= 11 is 0. The van der Waals surface area contributed by atoms with Crippen molar-refractivity contribution >= 4 is 0 Å². The van der Waals surface area contributed by atoms with Gasteiger partial charge in [-0.05, 0) is 50.3 Å². The molecule has 2 aliphatic rings. The lowest BCUT2D eigenvalue weighted by atomic mass is 9.89. The van der Waals surface area contributed by atoms with Crippen molar-refractivity contribution in [1.82, 2.24) is 10.2 Å². The Labute approximate surface area is 152 Å². The standard InChI is InChI=1S/C21H34N2O2/c1-16-14-23(3)17(2)12-21(16)22-13-18-4-6-19(7-5-18)15-25-20-8-10-24-11-9-20/h4-7,16-17,20-22H,8-15H2,1-3H3/t16-,17-,21-/m1/s1. The fourth-order valence-electron chi connectivity index (χ4n) is 3.88. The molecule has 0 aliphatic carbocycles. The summed E-state index contributed by atoms with van der Waals surface area (Å²) in [4.78, 5) is 2.47. The van der Waals surface area contributed by atoms with Crippen LogP contribution >= 0.6 is 0 Å². The second-order valence-corrected chi connectivity index (χ2v) is 7.93. The summed E-state index contributed by atoms with van der Waals surface area (Å²) in [5, 5.41) is 3.77. The van der Waals surface area contributed by atoms with Crippen LogP contribution in [0.5, 0.6) is 0 Å². The third-order valence-corrected chi connectivity index (χ3v) is 5.86. The van der Waals surface area contributed by atoms with Crippen LogP contribution in [-0.4, -0.2) is 49.9 Å². The number of ether oxygens (including phenoxy) is 2. The van der Waals surface area contributed by atoms with Crippen LogP contribution in [0.25, 0.3) is 0 Å². The number of rotatable bonds is 6. The third-order valence-electron chi connectivity index (χ3n) is 5.86. The van der Waals surface area contributed by atoms with E-state index in [0.29, 0.717) is 30.7 Å². The maximum Gasteiger partial charge on any atom is 0.0720 e. The lowest BCUT2D eigenvalue weighted by Gasteiger charge is -2.40. The number of hydrogen-bond acceptors (Lipinski definition) is 4. The van der Waals surface area contributed by atoms with Gasteiger partial charge in [0.25, 0.3) is 0 Å². The molecule has 140 valence electrons. The van der Waals surface area contributed by atoms with Crippen LogP contribution in [0.15, 0.2) is 24.3 Å². The highest BCUT2D eigenvalue weighted by Gasteiger charge is 2.28. The molecule has 2 heterocycles. The molecule has 3 rings (SSSR count). The van der Waals surface area contributed by atoms with Crippen molar-refractivity contribution in [3.63, 3.8) is 0 Å². The number of nitrogens with zero attached hydrogens (tertiary/aromatic N) is 1. The van der Waals surface area contributed by atoms with E-state index in [1.54, 1.807) is 0 Å². The zero-order valence-electron chi connectivity index (χ0n) is 16.0. The van der Waals surface area contributed by atoms with E-state index in [1.165, 1.54) is 24.1 Å². The van der Waals surface area contributed by atoms with E-state index in [1.807, 2.05) is 0 Å². The minimum Gasteiger partial charge on any atom is -0.381 e. The number of benzene rings is 1. The average molecular weight is 347 g/mol. The molecule has 25 heavy (non-hydrogen) atoms. The van der Waals surface area contributed by atoms with Gasteiger partial charge in [-0.1, -0.05) is 31.2 Å². The van der Waals surface area contributed by atoms with E-state index in [2.05, 4.69) is 55.4 Å². The van der Waals surface area contributed by atoms with E-state index >= 15 is 0 Å². The van der Waals surface area contributed by atoms with Gasteiger partial charge in [0.2, 0.25) is 0 Å². The molecular weight excluding hydrogens is 312 g/mol. The highest BCUT2D eigenvalue weighted by atomic mass is 16.5. The Morgan fingerprint density at radius 3 is 2.52 bits per heavy atom. The van der Waals surface area contributed by atoms with Gasteiger partial charge in [0.15, 0.2) is 0 Å². The molecule has 1 aromatic rings. The molecule has 0 bridgehead atoms. The van der Waals surface area contributed by atoms with Crippen LogP contribution in [0.1, 0.15) is 44.2 Å². The lowest BCUT2D eigenvalue weighted by Crippen LogP contribution is -2.50. The molecule has 2 fully saturated rings. The SMILES string of the molecule is C[C@@H]1CN(C)[C@H](C)C[C@H]1NCc1ccc(COC2CCOCC2)cc1. The molecule has 0 aromatic heterocycles. The summed E-state index contributed by atoms with van der Waals surface area (Å²) in [5.41, 5.74) is 2.62. The Hall–Kier alpha value is -0.940. The predicted octanol–water partition coefficient (Wildman–Crippen LogP) is 3.20. The zero-order chi connectivity index (χ0) is 17.6. The van der Waals surface area contributed by atoms with Crippen molar-refractivity contribution in [2.75, 3.05) is 26.8 Å². The van der Waals surface area contributed by atoms with Crippen LogP contribution < -0.4 is 5.32 Å². The Morgan fingerprint density at radius 2 is 1.80 bits per heavy atom. The van der Waals surface area contributed by atoms with Crippen LogP contribution in [0.2, 0.25) is 0 Å². The molecule has 2 saturated heterocycles. The quantitative estimate of drug-likeness (QED) is 0.858. The number of nitrogens with one attached hydrogen (secondary N) is 1. The second kappa shape index (κ2) is 9.13. The molecule has 1 N–H and O–H groups in total. The minimum atomic E-state index is 0.364. The molecular formula is C21H34N2O2. The predicted molar refractivity (Wildman–Crippen MR) is 102 cm³/mol. The summed E-state index contributed by atoms with van der Waals surface area (Å²) in [6, 6.07) is 10.2. The number of hydrogen-bond donors (Lipinski definition) is 1. The largest absolute Gasteiger partial charge is 0.381 e. The zero-order valence-corrected chi connectivity index (χ0v) is 16.0. The summed E-state index contributed by atoms with van der Waals surface area (Å²) in [7, 11) is 2.23. The number of piperidine rings is 1. The molecule has 2 aliphatic heterocycles. The maximum absolute atomic E-state index is 6.00. The van der Waals surface area contributed by atoms with E-state index in [9.17, 15) is 0 Å². The number of likely N-dealkylation sites (tertiary alicyclic amines) is 1. The fraction of sp³-hybridized carbons (Fsp3) is 0.714. The van der Waals surface area contributed by atoms with E-state index < -0.39 is 0 Å². The second-order valence-electron chi connectivity index (χ2n) is 7.93. The van der Waals surface area contributed by atoms with E-state index in [-0.39, 0.29) is 0 Å². The third kappa shape index (κ3) is 5.52. The summed E-state index contributed by atoms with van der Waals surface area (Å²) in [6.45, 7) is 9.20. The first-order chi connectivity index (χ1) is 12.1. The van der Waals surface area contributed by atoms with Crippen LogP contribution in [0.4, 0.5) is 0 Å². The van der Waals surface area contributed by atoms with Gasteiger partial charge in [0.1, 0.15) is 0 Å². The van der Waals surface area contributed by atoms with E-state index in [0.717, 1.165) is 32.6 Å². The van der Waals surface area contributed by atoms with Crippen molar-refractivity contribution in [3.05, 3.63) is 35.4 Å².